The lowest BCUT2D eigenvalue weighted by atomic mass is 9.82. The van der Waals surface area contributed by atoms with Crippen LogP contribution in [0.25, 0.3) is 0 Å². The maximum absolute atomic E-state index is 12.8. The summed E-state index contributed by atoms with van der Waals surface area (Å²) in [7, 11) is 1.52. The van der Waals surface area contributed by atoms with Gasteiger partial charge in [0, 0.05) is 43.5 Å². The van der Waals surface area contributed by atoms with Crippen molar-refractivity contribution in [1.82, 2.24) is 15.5 Å². The van der Waals surface area contributed by atoms with Gasteiger partial charge in [0.1, 0.15) is 12.6 Å². The molecule has 186 valence electrons. The number of nitrogens with two attached hydrogens (primary N) is 2. The number of carboxylic acids is 1. The molecule has 0 aromatic heterocycles. The second kappa shape index (κ2) is 9.27. The SMILES string of the molecule is CC(=O)N[C@@H](CS)C(=O)O.CO[C@@]12[C@H](COC(N)=O)C3=C(C(=O)C(C)=C(N)C3=O)N1C[C@@H]1N[C@@H]12. The van der Waals surface area contributed by atoms with Crippen molar-refractivity contribution in [2.75, 3.05) is 26.0 Å². The minimum Gasteiger partial charge on any atom is -0.480 e. The summed E-state index contributed by atoms with van der Waals surface area (Å²) >= 11 is 3.73. The molecule has 2 saturated heterocycles. The first-order valence-electron chi connectivity index (χ1n) is 10.3. The molecule has 7 N–H and O–H groups in total. The molecule has 0 aromatic carbocycles. The van der Waals surface area contributed by atoms with Gasteiger partial charge in [-0.15, -0.1) is 0 Å². The van der Waals surface area contributed by atoms with E-state index in [2.05, 4.69) is 23.3 Å². The standard InChI is InChI=1S/C15H18N4O5.C5H9NO3S/c1-5-9(16)12(21)8-6(4-24-14(17)22)15(23-2)13-7(18-13)3-19(15)10(8)11(5)20;1-3(7)6-4(2-10)5(8)9/h6-7,13,18H,3-4,16H2,1-2H3,(H2,17,22);4,10H,2H2,1H3,(H,6,7)(H,8,9)/t6-,7+,13+,15-;4-/m10/s1. The van der Waals surface area contributed by atoms with Gasteiger partial charge in [0.2, 0.25) is 17.5 Å². The number of nitrogens with zero attached hydrogens (tertiary/aromatic N) is 1. The highest BCUT2D eigenvalue weighted by Gasteiger charge is 2.72. The molecule has 34 heavy (non-hydrogen) atoms. The van der Waals surface area contributed by atoms with E-state index in [0.29, 0.717) is 12.2 Å². The highest BCUT2D eigenvalue weighted by Crippen LogP contribution is 2.55. The van der Waals surface area contributed by atoms with Crippen molar-refractivity contribution in [3.63, 3.8) is 0 Å². The number of carboxylic acid groups (broad SMARTS) is 1. The third-order valence-corrected chi connectivity index (χ3v) is 6.70. The van der Waals surface area contributed by atoms with E-state index in [1.807, 2.05) is 4.90 Å². The fraction of sp³-hybridized carbons (Fsp3) is 0.550. The Balaban J connectivity index is 0.000000277. The number of methoxy groups -OCH3 is 1. The van der Waals surface area contributed by atoms with Gasteiger partial charge in [-0.25, -0.2) is 9.59 Å². The number of carbonyl (C=O) groups is 5. The first kappa shape index (κ1) is 25.5. The van der Waals surface area contributed by atoms with Gasteiger partial charge in [-0.3, -0.25) is 14.4 Å². The number of ether oxygens (including phenoxy) is 2. The van der Waals surface area contributed by atoms with Crippen LogP contribution in [-0.2, 0) is 28.7 Å². The van der Waals surface area contributed by atoms with Crippen LogP contribution >= 0.6 is 12.6 Å². The molecule has 4 aliphatic rings. The van der Waals surface area contributed by atoms with Crippen LogP contribution in [0.5, 0.6) is 0 Å². The molecule has 1 aliphatic carbocycles. The molecule has 2 amide bonds. The summed E-state index contributed by atoms with van der Waals surface area (Å²) < 4.78 is 10.8. The van der Waals surface area contributed by atoms with E-state index in [0.717, 1.165) is 0 Å². The number of thiol groups is 1. The molecular formula is C20H27N5O8S. The molecule has 0 unspecified atom stereocenters. The number of allylic oxidation sites excluding steroid dienone is 2. The van der Waals surface area contributed by atoms with Crippen LogP contribution in [0.3, 0.4) is 0 Å². The number of hydrogen-bond donors (Lipinski definition) is 6. The molecule has 4 rings (SSSR count). The molecule has 5 atom stereocenters. The first-order valence-corrected chi connectivity index (χ1v) is 11.0. The summed E-state index contributed by atoms with van der Waals surface area (Å²) in [6.07, 6.45) is -0.950. The van der Waals surface area contributed by atoms with Gasteiger partial charge in [0.05, 0.1) is 23.4 Å². The van der Waals surface area contributed by atoms with Gasteiger partial charge in [0.15, 0.2) is 5.72 Å². The summed E-state index contributed by atoms with van der Waals surface area (Å²) in [5.41, 5.74) is 10.7. The maximum atomic E-state index is 12.8. The minimum atomic E-state index is -1.06. The molecule has 0 aromatic rings. The number of nitrogens with one attached hydrogen (secondary N) is 2. The minimum absolute atomic E-state index is 0.0586. The highest BCUT2D eigenvalue weighted by atomic mass is 32.1. The lowest BCUT2D eigenvalue weighted by Crippen LogP contribution is -2.55. The molecular weight excluding hydrogens is 470 g/mol. The van der Waals surface area contributed by atoms with Crippen molar-refractivity contribution >= 4 is 42.2 Å². The average molecular weight is 498 g/mol. The van der Waals surface area contributed by atoms with E-state index >= 15 is 0 Å². The van der Waals surface area contributed by atoms with Crippen LogP contribution in [0, 0.1) is 5.92 Å². The van der Waals surface area contributed by atoms with E-state index in [9.17, 15) is 24.0 Å². The van der Waals surface area contributed by atoms with Crippen molar-refractivity contribution in [3.05, 3.63) is 22.5 Å². The molecule has 0 bridgehead atoms. The number of rotatable bonds is 6. The number of Topliss-reactive ketones (excluding diaryl/α,β-unsaturated/α-hetero) is 2. The molecule has 14 heteroatoms. The Morgan fingerprint density at radius 2 is 2.00 bits per heavy atom. The van der Waals surface area contributed by atoms with E-state index in [1.54, 1.807) is 0 Å². The summed E-state index contributed by atoms with van der Waals surface area (Å²) in [4.78, 5) is 58.9. The molecule has 3 aliphatic heterocycles. The van der Waals surface area contributed by atoms with Gasteiger partial charge in [0.25, 0.3) is 0 Å². The molecule has 13 nitrogen and oxygen atoms in total. The largest absolute Gasteiger partial charge is 0.480 e. The predicted octanol–water partition coefficient (Wildman–Crippen LogP) is -2.15. The van der Waals surface area contributed by atoms with Crippen LogP contribution < -0.4 is 22.1 Å². The van der Waals surface area contributed by atoms with Gasteiger partial charge >= 0.3 is 12.1 Å². The number of aliphatic carboxylic acids is 1. The van der Waals surface area contributed by atoms with Gasteiger partial charge < -0.3 is 41.6 Å². The maximum Gasteiger partial charge on any atom is 0.404 e. The fourth-order valence-electron chi connectivity index (χ4n) is 4.74. The lowest BCUT2D eigenvalue weighted by molar-refractivity contribution is -0.140. The number of fused-ring (bicyclic) bond motifs is 4. The molecule has 0 radical (unpaired) electrons. The Kier molecular flexibility index (Phi) is 6.96. The second-order valence-electron chi connectivity index (χ2n) is 8.23. The van der Waals surface area contributed by atoms with Crippen molar-refractivity contribution < 1.29 is 38.6 Å². The third-order valence-electron chi connectivity index (χ3n) is 6.33. The van der Waals surface area contributed by atoms with Gasteiger partial charge in [-0.2, -0.15) is 12.6 Å². The zero-order chi connectivity index (χ0) is 25.5. The third kappa shape index (κ3) is 4.01. The highest BCUT2D eigenvalue weighted by molar-refractivity contribution is 7.80. The number of carbonyl (C=O) groups excluding carboxylic acids is 4. The van der Waals surface area contributed by atoms with E-state index in [-0.39, 0.29) is 53.0 Å². The van der Waals surface area contributed by atoms with Gasteiger partial charge in [-0.1, -0.05) is 0 Å². The number of primary amides is 1. The molecule has 0 saturated carbocycles. The zero-order valence-corrected chi connectivity index (χ0v) is 19.7. The number of ketones is 2. The molecule has 3 heterocycles. The Hall–Kier alpha value is -3.10. The summed E-state index contributed by atoms with van der Waals surface area (Å²) in [6, 6.07) is -0.765. The Labute approximate surface area is 200 Å². The molecule has 2 fully saturated rings. The van der Waals surface area contributed by atoms with E-state index < -0.39 is 35.5 Å². The van der Waals surface area contributed by atoms with Crippen molar-refractivity contribution in [3.8, 4) is 0 Å². The summed E-state index contributed by atoms with van der Waals surface area (Å²) in [5, 5.41) is 13.9. The first-order chi connectivity index (χ1) is 15.9. The topological polar surface area (TPSA) is 213 Å². The Bertz CT molecular complexity index is 1030. The van der Waals surface area contributed by atoms with Crippen LogP contribution in [0.4, 0.5) is 4.79 Å². The van der Waals surface area contributed by atoms with Crippen molar-refractivity contribution in [1.29, 1.82) is 0 Å². The quantitative estimate of drug-likeness (QED) is 0.132. The number of piperazine rings is 1. The van der Waals surface area contributed by atoms with Crippen molar-refractivity contribution in [2.45, 2.75) is 37.7 Å². The Morgan fingerprint density at radius 1 is 1.35 bits per heavy atom. The zero-order valence-electron chi connectivity index (χ0n) is 18.8. The average Bonchev–Trinajstić information content (AvgIpc) is 3.39. The fourth-order valence-corrected chi connectivity index (χ4v) is 4.99. The molecule has 0 spiro atoms. The summed E-state index contributed by atoms with van der Waals surface area (Å²) in [5.74, 6) is -2.66. The summed E-state index contributed by atoms with van der Waals surface area (Å²) in [6.45, 7) is 3.18. The van der Waals surface area contributed by atoms with E-state index in [1.165, 1.54) is 21.0 Å². The number of hydrogen-bond acceptors (Lipinski definition) is 11. The monoisotopic (exact) mass is 497 g/mol. The van der Waals surface area contributed by atoms with Crippen LogP contribution in [0.2, 0.25) is 0 Å². The second-order valence-corrected chi connectivity index (χ2v) is 8.60. The van der Waals surface area contributed by atoms with Gasteiger partial charge in [-0.05, 0) is 6.92 Å². The normalized spacial score (nSPS) is 29.5. The van der Waals surface area contributed by atoms with Crippen LogP contribution in [-0.4, -0.2) is 89.4 Å². The smallest absolute Gasteiger partial charge is 0.404 e. The lowest BCUT2D eigenvalue weighted by Gasteiger charge is -2.39. The number of amides is 2. The van der Waals surface area contributed by atoms with Crippen LogP contribution in [0.15, 0.2) is 22.5 Å². The van der Waals surface area contributed by atoms with E-state index in [4.69, 9.17) is 26.0 Å². The van der Waals surface area contributed by atoms with Crippen LogP contribution in [0.1, 0.15) is 13.8 Å². The Morgan fingerprint density at radius 3 is 2.47 bits per heavy atom. The van der Waals surface area contributed by atoms with Crippen molar-refractivity contribution in [2.24, 2.45) is 17.4 Å². The predicted molar refractivity (Wildman–Crippen MR) is 119 cm³/mol.